The van der Waals surface area contributed by atoms with Crippen molar-refractivity contribution in [2.75, 3.05) is 13.1 Å². The molecule has 0 aromatic rings. The number of hydrogen-bond donors (Lipinski definition) is 3. The maximum atomic E-state index is 9.13. The summed E-state index contributed by atoms with van der Waals surface area (Å²) in [5.41, 5.74) is 5.23. The molecule has 1 aliphatic rings. The predicted molar refractivity (Wildman–Crippen MR) is 38.7 cm³/mol. The van der Waals surface area contributed by atoms with Gasteiger partial charge in [-0.15, -0.1) is 0 Å². The summed E-state index contributed by atoms with van der Waals surface area (Å²) in [6.07, 6.45) is 1.47. The van der Waals surface area contributed by atoms with Gasteiger partial charge in [-0.25, -0.2) is 0 Å². The van der Waals surface area contributed by atoms with Gasteiger partial charge in [0.15, 0.2) is 5.96 Å². The molecule has 0 spiro atoms. The van der Waals surface area contributed by atoms with Crippen LogP contribution in [0.4, 0.5) is 0 Å². The number of aliphatic hydroxyl groups excluding tert-OH is 1. The van der Waals surface area contributed by atoms with Crippen molar-refractivity contribution in [3.8, 4) is 0 Å². The van der Waals surface area contributed by atoms with Crippen LogP contribution in [0, 0.1) is 5.41 Å². The molecule has 58 valence electrons. The van der Waals surface area contributed by atoms with E-state index < -0.39 is 0 Å². The van der Waals surface area contributed by atoms with Crippen molar-refractivity contribution in [1.82, 2.24) is 4.90 Å². The van der Waals surface area contributed by atoms with Crippen LogP contribution in [0.1, 0.15) is 12.8 Å². The number of hydrogen-bond acceptors (Lipinski definition) is 2. The zero-order valence-corrected chi connectivity index (χ0v) is 5.88. The summed E-state index contributed by atoms with van der Waals surface area (Å²) in [4.78, 5) is 1.69. The lowest BCUT2D eigenvalue weighted by Gasteiger charge is -2.29. The molecule has 0 aromatic carbocycles. The molecule has 1 heterocycles. The summed E-state index contributed by atoms with van der Waals surface area (Å²) in [6.45, 7) is 1.34. The van der Waals surface area contributed by atoms with Crippen LogP contribution >= 0.6 is 0 Å². The van der Waals surface area contributed by atoms with Crippen molar-refractivity contribution in [3.05, 3.63) is 0 Å². The van der Waals surface area contributed by atoms with Gasteiger partial charge in [-0.2, -0.15) is 0 Å². The topological polar surface area (TPSA) is 73.3 Å². The Morgan fingerprint density at radius 1 is 1.70 bits per heavy atom. The summed E-state index contributed by atoms with van der Waals surface area (Å²) >= 11 is 0. The monoisotopic (exact) mass is 143 g/mol. The summed E-state index contributed by atoms with van der Waals surface area (Å²) in [5.74, 6) is 0.0683. The molecule has 0 aliphatic carbocycles. The highest BCUT2D eigenvalue weighted by Crippen LogP contribution is 2.08. The van der Waals surface area contributed by atoms with Gasteiger partial charge >= 0.3 is 0 Å². The third-order valence-corrected chi connectivity index (χ3v) is 1.74. The van der Waals surface area contributed by atoms with Gasteiger partial charge in [0.1, 0.15) is 0 Å². The van der Waals surface area contributed by atoms with Gasteiger partial charge in [-0.3, -0.25) is 5.41 Å². The van der Waals surface area contributed by atoms with Crippen LogP contribution in [0.15, 0.2) is 0 Å². The fourth-order valence-electron chi connectivity index (χ4n) is 1.17. The first-order valence-electron chi connectivity index (χ1n) is 3.47. The van der Waals surface area contributed by atoms with E-state index in [4.69, 9.17) is 16.2 Å². The van der Waals surface area contributed by atoms with Gasteiger partial charge in [0, 0.05) is 13.1 Å². The molecule has 10 heavy (non-hydrogen) atoms. The molecule has 0 saturated carbocycles. The smallest absolute Gasteiger partial charge is 0.188 e. The highest BCUT2D eigenvalue weighted by molar-refractivity contribution is 5.74. The molecule has 0 amide bonds. The zero-order chi connectivity index (χ0) is 7.56. The molecule has 0 aromatic heterocycles. The molecule has 1 rings (SSSR count). The first kappa shape index (κ1) is 7.34. The number of guanidine groups is 1. The molecule has 4 N–H and O–H groups in total. The lowest BCUT2D eigenvalue weighted by atomic mass is 10.1. The number of aliphatic hydroxyl groups is 1. The Hall–Kier alpha value is -0.770. The number of rotatable bonds is 0. The molecule has 0 bridgehead atoms. The third kappa shape index (κ3) is 1.60. The predicted octanol–water partition coefficient (Wildman–Crippen LogP) is -0.663. The normalized spacial score (nSPS) is 26.5. The third-order valence-electron chi connectivity index (χ3n) is 1.74. The summed E-state index contributed by atoms with van der Waals surface area (Å²) < 4.78 is 0. The highest BCUT2D eigenvalue weighted by Gasteiger charge is 2.17. The molecular formula is C6H13N3O. The average Bonchev–Trinajstić information content (AvgIpc) is 1.88. The maximum absolute atomic E-state index is 9.13. The second-order valence-corrected chi connectivity index (χ2v) is 2.63. The van der Waals surface area contributed by atoms with Gasteiger partial charge in [-0.05, 0) is 12.8 Å². The first-order chi connectivity index (χ1) is 4.70. The standard InChI is InChI=1S/C6H13N3O/c7-6(8)9-3-1-2-5(10)4-9/h5,10H,1-4H2,(H3,7,8). The Morgan fingerprint density at radius 2 is 2.40 bits per heavy atom. The minimum atomic E-state index is -0.294. The van der Waals surface area contributed by atoms with E-state index in [-0.39, 0.29) is 12.1 Å². The molecule has 1 unspecified atom stereocenters. The second-order valence-electron chi connectivity index (χ2n) is 2.63. The van der Waals surface area contributed by atoms with Gasteiger partial charge in [0.25, 0.3) is 0 Å². The Bertz CT molecular complexity index is 137. The number of nitrogens with zero attached hydrogens (tertiary/aromatic N) is 1. The molecule has 1 atom stereocenters. The number of piperidine rings is 1. The molecule has 0 radical (unpaired) electrons. The second kappa shape index (κ2) is 2.88. The quantitative estimate of drug-likeness (QED) is 0.311. The maximum Gasteiger partial charge on any atom is 0.188 e. The van der Waals surface area contributed by atoms with E-state index in [1.54, 1.807) is 4.90 Å². The summed E-state index contributed by atoms with van der Waals surface area (Å²) in [6, 6.07) is 0. The minimum absolute atomic E-state index is 0.0683. The molecule has 4 heteroatoms. The van der Waals surface area contributed by atoms with Gasteiger partial charge in [-0.1, -0.05) is 0 Å². The van der Waals surface area contributed by atoms with Crippen LogP contribution in [-0.4, -0.2) is 35.2 Å². The van der Waals surface area contributed by atoms with Crippen LogP contribution in [0.3, 0.4) is 0 Å². The molecule has 1 fully saturated rings. The van der Waals surface area contributed by atoms with Crippen LogP contribution in [0.2, 0.25) is 0 Å². The number of nitrogens with two attached hydrogens (primary N) is 1. The van der Waals surface area contributed by atoms with Crippen LogP contribution < -0.4 is 5.73 Å². The Labute approximate surface area is 60.1 Å². The summed E-state index contributed by atoms with van der Waals surface area (Å²) in [5, 5.41) is 16.2. The van der Waals surface area contributed by atoms with Crippen LogP contribution in [-0.2, 0) is 0 Å². The van der Waals surface area contributed by atoms with E-state index in [1.807, 2.05) is 0 Å². The average molecular weight is 143 g/mol. The Morgan fingerprint density at radius 3 is 2.80 bits per heavy atom. The Balaban J connectivity index is 2.39. The van der Waals surface area contributed by atoms with E-state index >= 15 is 0 Å². The molecular weight excluding hydrogens is 130 g/mol. The van der Waals surface area contributed by atoms with Gasteiger partial charge < -0.3 is 15.7 Å². The van der Waals surface area contributed by atoms with Crippen molar-refractivity contribution in [2.45, 2.75) is 18.9 Å². The minimum Gasteiger partial charge on any atom is -0.391 e. The van der Waals surface area contributed by atoms with Crippen molar-refractivity contribution in [1.29, 1.82) is 5.41 Å². The van der Waals surface area contributed by atoms with E-state index in [0.29, 0.717) is 6.54 Å². The van der Waals surface area contributed by atoms with E-state index in [1.165, 1.54) is 0 Å². The summed E-state index contributed by atoms with van der Waals surface area (Å²) in [7, 11) is 0. The fraction of sp³-hybridized carbons (Fsp3) is 0.833. The van der Waals surface area contributed by atoms with E-state index in [2.05, 4.69) is 0 Å². The van der Waals surface area contributed by atoms with Gasteiger partial charge in [0.2, 0.25) is 0 Å². The number of β-amino-alcohol motifs (C(OH)–C–C–N with tert-alkyl or cyclic N) is 1. The SMILES string of the molecule is N=C(N)N1CCCC(O)C1. The fourth-order valence-corrected chi connectivity index (χ4v) is 1.17. The molecule has 1 saturated heterocycles. The van der Waals surface area contributed by atoms with E-state index in [9.17, 15) is 0 Å². The Kier molecular flexibility index (Phi) is 2.11. The van der Waals surface area contributed by atoms with Crippen molar-refractivity contribution >= 4 is 5.96 Å². The van der Waals surface area contributed by atoms with Crippen LogP contribution in [0.25, 0.3) is 0 Å². The van der Waals surface area contributed by atoms with Crippen molar-refractivity contribution in [3.63, 3.8) is 0 Å². The molecule has 4 nitrogen and oxygen atoms in total. The number of nitrogens with one attached hydrogen (secondary N) is 1. The van der Waals surface area contributed by atoms with Gasteiger partial charge in [0.05, 0.1) is 6.10 Å². The van der Waals surface area contributed by atoms with E-state index in [0.717, 1.165) is 19.4 Å². The zero-order valence-electron chi connectivity index (χ0n) is 5.88. The molecule has 1 aliphatic heterocycles. The van der Waals surface area contributed by atoms with Crippen molar-refractivity contribution in [2.24, 2.45) is 5.73 Å². The van der Waals surface area contributed by atoms with Crippen molar-refractivity contribution < 1.29 is 5.11 Å². The lowest BCUT2D eigenvalue weighted by Crippen LogP contribution is -2.45. The number of likely N-dealkylation sites (tertiary alicyclic amines) is 1. The largest absolute Gasteiger partial charge is 0.391 e. The first-order valence-corrected chi connectivity index (χ1v) is 3.47. The highest BCUT2D eigenvalue weighted by atomic mass is 16.3. The van der Waals surface area contributed by atoms with Crippen LogP contribution in [0.5, 0.6) is 0 Å². The lowest BCUT2D eigenvalue weighted by molar-refractivity contribution is 0.102.